The van der Waals surface area contributed by atoms with Gasteiger partial charge in [-0.2, -0.15) is 13.2 Å². The first-order valence-corrected chi connectivity index (χ1v) is 7.18. The number of alkyl halides is 4. The van der Waals surface area contributed by atoms with Gasteiger partial charge in [-0.3, -0.25) is 4.39 Å². The number of hydrogen-bond donors (Lipinski definition) is 2. The van der Waals surface area contributed by atoms with Crippen LogP contribution in [-0.4, -0.2) is 18.9 Å². The fourth-order valence-corrected chi connectivity index (χ4v) is 1.72. The van der Waals surface area contributed by atoms with Crippen LogP contribution in [0.25, 0.3) is 0 Å². The molecule has 2 N–H and O–H groups in total. The van der Waals surface area contributed by atoms with Crippen molar-refractivity contribution in [3.63, 3.8) is 0 Å². The zero-order valence-electron chi connectivity index (χ0n) is 13.0. The number of urea groups is 1. The topological polar surface area (TPSA) is 41.1 Å². The number of carbonyl (C=O) groups is 1. The zero-order valence-corrected chi connectivity index (χ0v) is 13.0. The van der Waals surface area contributed by atoms with E-state index < -0.39 is 24.8 Å². The highest BCUT2D eigenvalue weighted by atomic mass is 19.4. The Morgan fingerprint density at radius 3 is 2.39 bits per heavy atom. The van der Waals surface area contributed by atoms with Crippen molar-refractivity contribution in [2.24, 2.45) is 5.92 Å². The number of hydrogen-bond acceptors (Lipinski definition) is 1. The molecule has 7 heteroatoms. The monoisotopic (exact) mass is 332 g/mol. The summed E-state index contributed by atoms with van der Waals surface area (Å²) in [6.45, 7) is 2.17. The lowest BCUT2D eigenvalue weighted by Gasteiger charge is -2.15. The molecule has 0 aliphatic heterocycles. The smallest absolute Gasteiger partial charge is 0.312 e. The Kier molecular flexibility index (Phi) is 7.06. The first-order valence-electron chi connectivity index (χ1n) is 7.18. The SMILES string of the molecule is Cc1ccc(NC(=O)N/C(=C/CC(C)C(F)(F)F)CCF)cc1. The number of aryl methyl sites for hydroxylation is 1. The number of benzene rings is 1. The zero-order chi connectivity index (χ0) is 17.5. The van der Waals surface area contributed by atoms with Crippen molar-refractivity contribution in [3.05, 3.63) is 41.6 Å². The number of rotatable bonds is 6. The molecule has 0 aromatic heterocycles. The van der Waals surface area contributed by atoms with Gasteiger partial charge in [-0.05, 0) is 25.5 Å². The number of amides is 2. The quantitative estimate of drug-likeness (QED) is 0.711. The highest BCUT2D eigenvalue weighted by Gasteiger charge is 2.34. The van der Waals surface area contributed by atoms with Gasteiger partial charge in [0.15, 0.2) is 0 Å². The molecule has 2 amide bonds. The van der Waals surface area contributed by atoms with Crippen LogP contribution < -0.4 is 10.6 Å². The lowest BCUT2D eigenvalue weighted by molar-refractivity contribution is -0.168. The van der Waals surface area contributed by atoms with Crippen LogP contribution in [0, 0.1) is 12.8 Å². The molecule has 1 aromatic carbocycles. The molecule has 1 unspecified atom stereocenters. The van der Waals surface area contributed by atoms with Crippen LogP contribution in [0.3, 0.4) is 0 Å². The van der Waals surface area contributed by atoms with Gasteiger partial charge in [-0.1, -0.05) is 30.7 Å². The van der Waals surface area contributed by atoms with E-state index in [0.29, 0.717) is 5.69 Å². The number of anilines is 1. The molecule has 0 radical (unpaired) electrons. The predicted molar refractivity (Wildman–Crippen MR) is 81.8 cm³/mol. The number of carbonyl (C=O) groups excluding carboxylic acids is 1. The molecule has 128 valence electrons. The fraction of sp³-hybridized carbons (Fsp3) is 0.438. The highest BCUT2D eigenvalue weighted by Crippen LogP contribution is 2.28. The second-order valence-electron chi connectivity index (χ2n) is 5.29. The Morgan fingerprint density at radius 2 is 1.87 bits per heavy atom. The minimum atomic E-state index is -4.32. The van der Waals surface area contributed by atoms with E-state index in [-0.39, 0.29) is 18.5 Å². The number of nitrogens with one attached hydrogen (secondary N) is 2. The van der Waals surface area contributed by atoms with Crippen molar-refractivity contribution < 1.29 is 22.4 Å². The van der Waals surface area contributed by atoms with E-state index in [9.17, 15) is 22.4 Å². The third-order valence-corrected chi connectivity index (χ3v) is 3.22. The van der Waals surface area contributed by atoms with E-state index in [1.807, 2.05) is 6.92 Å². The van der Waals surface area contributed by atoms with Crippen molar-refractivity contribution in [3.8, 4) is 0 Å². The van der Waals surface area contributed by atoms with Gasteiger partial charge in [-0.15, -0.1) is 0 Å². The molecule has 23 heavy (non-hydrogen) atoms. The first-order chi connectivity index (χ1) is 10.7. The fourth-order valence-electron chi connectivity index (χ4n) is 1.72. The largest absolute Gasteiger partial charge is 0.391 e. The maximum Gasteiger partial charge on any atom is 0.391 e. The standard InChI is InChI=1S/C16H20F4N2O/c1-11-3-6-13(7-4-11)21-15(23)22-14(9-10-17)8-5-12(2)16(18,19)20/h3-4,6-8,12H,5,9-10H2,1-2H3,(H2,21,22,23)/b14-8+. The third kappa shape index (κ3) is 7.17. The van der Waals surface area contributed by atoms with Crippen molar-refractivity contribution in [2.45, 2.75) is 32.9 Å². The maximum atomic E-state index is 12.5. The summed E-state index contributed by atoms with van der Waals surface area (Å²) >= 11 is 0. The Hall–Kier alpha value is -2.05. The minimum absolute atomic E-state index is 0.133. The van der Waals surface area contributed by atoms with Crippen molar-refractivity contribution in [1.82, 2.24) is 5.32 Å². The molecule has 0 heterocycles. The van der Waals surface area contributed by atoms with Crippen LogP contribution in [0.5, 0.6) is 0 Å². The second kappa shape index (κ2) is 8.55. The van der Waals surface area contributed by atoms with Crippen molar-refractivity contribution in [2.75, 3.05) is 12.0 Å². The summed E-state index contributed by atoms with van der Waals surface area (Å²) in [5, 5.41) is 4.93. The molecular formula is C16H20F4N2O. The van der Waals surface area contributed by atoms with Crippen molar-refractivity contribution in [1.29, 1.82) is 0 Å². The molecule has 0 aliphatic rings. The summed E-state index contributed by atoms with van der Waals surface area (Å²) in [6.07, 6.45) is -3.57. The van der Waals surface area contributed by atoms with Crippen LogP contribution in [0.2, 0.25) is 0 Å². The number of halogens is 4. The lowest BCUT2D eigenvalue weighted by atomic mass is 10.1. The summed E-state index contributed by atoms with van der Waals surface area (Å²) in [5.74, 6) is -1.56. The van der Waals surface area contributed by atoms with Gasteiger partial charge >= 0.3 is 12.2 Å². The van der Waals surface area contributed by atoms with Crippen LogP contribution in [0.4, 0.5) is 28.0 Å². The second-order valence-corrected chi connectivity index (χ2v) is 5.29. The molecule has 0 fully saturated rings. The van der Waals surface area contributed by atoms with E-state index in [1.54, 1.807) is 24.3 Å². The Balaban J connectivity index is 2.63. The average molecular weight is 332 g/mol. The third-order valence-electron chi connectivity index (χ3n) is 3.22. The van der Waals surface area contributed by atoms with Gasteiger partial charge in [-0.25, -0.2) is 4.79 Å². The normalized spacial score (nSPS) is 13.6. The van der Waals surface area contributed by atoms with E-state index in [0.717, 1.165) is 12.5 Å². The van der Waals surface area contributed by atoms with Crippen LogP contribution in [0.1, 0.15) is 25.3 Å². The van der Waals surface area contributed by atoms with Crippen molar-refractivity contribution >= 4 is 11.7 Å². The van der Waals surface area contributed by atoms with Crippen LogP contribution >= 0.6 is 0 Å². The molecule has 0 spiro atoms. The summed E-state index contributed by atoms with van der Waals surface area (Å²) < 4.78 is 49.9. The molecule has 1 rings (SSSR count). The Morgan fingerprint density at radius 1 is 1.26 bits per heavy atom. The molecule has 0 saturated carbocycles. The summed E-state index contributed by atoms with van der Waals surface area (Å²) in [5.41, 5.74) is 1.69. The van der Waals surface area contributed by atoms with E-state index >= 15 is 0 Å². The Labute approximate surface area is 132 Å². The van der Waals surface area contributed by atoms with Gasteiger partial charge in [0.05, 0.1) is 12.6 Å². The minimum Gasteiger partial charge on any atom is -0.312 e. The van der Waals surface area contributed by atoms with E-state index in [2.05, 4.69) is 10.6 Å². The van der Waals surface area contributed by atoms with E-state index in [1.165, 1.54) is 6.08 Å². The van der Waals surface area contributed by atoms with E-state index in [4.69, 9.17) is 0 Å². The van der Waals surface area contributed by atoms with Crippen LogP contribution in [-0.2, 0) is 0 Å². The first kappa shape index (κ1) is 19.0. The van der Waals surface area contributed by atoms with Gasteiger partial charge in [0.25, 0.3) is 0 Å². The van der Waals surface area contributed by atoms with Crippen LogP contribution in [0.15, 0.2) is 36.0 Å². The molecule has 0 aliphatic carbocycles. The molecule has 3 nitrogen and oxygen atoms in total. The molecule has 1 atom stereocenters. The van der Waals surface area contributed by atoms with Gasteiger partial charge < -0.3 is 10.6 Å². The van der Waals surface area contributed by atoms with Gasteiger partial charge in [0, 0.05) is 17.8 Å². The summed E-state index contributed by atoms with van der Waals surface area (Å²) in [4.78, 5) is 11.8. The molecule has 0 bridgehead atoms. The maximum absolute atomic E-state index is 12.5. The Bertz CT molecular complexity index is 538. The predicted octanol–water partition coefficient (Wildman–Crippen LogP) is 4.95. The summed E-state index contributed by atoms with van der Waals surface area (Å²) in [6, 6.07) is 6.38. The molecule has 0 saturated heterocycles. The average Bonchev–Trinajstić information content (AvgIpc) is 2.46. The van der Waals surface area contributed by atoms with Gasteiger partial charge in [0.1, 0.15) is 0 Å². The highest BCUT2D eigenvalue weighted by molar-refractivity contribution is 5.90. The molecular weight excluding hydrogens is 312 g/mol. The number of allylic oxidation sites excluding steroid dienone is 2. The summed E-state index contributed by atoms with van der Waals surface area (Å²) in [7, 11) is 0. The van der Waals surface area contributed by atoms with Gasteiger partial charge in [0.2, 0.25) is 0 Å². The molecule has 1 aromatic rings. The lowest BCUT2D eigenvalue weighted by Crippen LogP contribution is -2.28.